The maximum Gasteiger partial charge on any atom is 0.517 e. The van der Waals surface area contributed by atoms with E-state index in [1.54, 1.807) is 21.3 Å². The molecule has 15 heavy (non-hydrogen) atoms. The molecule has 0 saturated heterocycles. The zero-order valence-electron chi connectivity index (χ0n) is 10.4. The molecule has 0 aromatic rings. The van der Waals surface area contributed by atoms with Crippen molar-refractivity contribution in [3.8, 4) is 0 Å². The van der Waals surface area contributed by atoms with Gasteiger partial charge in [-0.2, -0.15) is 0 Å². The lowest BCUT2D eigenvalue weighted by Crippen LogP contribution is -2.61. The van der Waals surface area contributed by atoms with Gasteiger partial charge in [0.1, 0.15) is 0 Å². The molecular formula is C9H24N2O3Si. The molecule has 0 spiro atoms. The molecule has 5 nitrogen and oxygen atoms in total. The van der Waals surface area contributed by atoms with Gasteiger partial charge in [0, 0.05) is 33.9 Å². The van der Waals surface area contributed by atoms with E-state index in [-0.39, 0.29) is 11.7 Å². The molecule has 0 aromatic heterocycles. The highest BCUT2D eigenvalue weighted by Gasteiger charge is 2.46. The van der Waals surface area contributed by atoms with Gasteiger partial charge in [0.05, 0.1) is 5.67 Å². The normalized spacial score (nSPS) is 16.4. The lowest BCUT2D eigenvalue weighted by atomic mass is 10.3. The Morgan fingerprint density at radius 2 is 1.67 bits per heavy atom. The number of nitrogens with one attached hydrogen (secondary N) is 1. The topological polar surface area (TPSA) is 65.7 Å². The smallest absolute Gasteiger partial charge is 0.376 e. The molecule has 2 unspecified atom stereocenters. The molecule has 0 rings (SSSR count). The van der Waals surface area contributed by atoms with Crippen LogP contribution in [0.5, 0.6) is 0 Å². The van der Waals surface area contributed by atoms with Crippen LogP contribution >= 0.6 is 0 Å². The number of nitrogens with two attached hydrogens (primary N) is 1. The SMILES string of the molecule is CCC(NCC(C)N)[Si](OC)(OC)OC. The maximum absolute atomic E-state index is 5.69. The van der Waals surface area contributed by atoms with Crippen molar-refractivity contribution >= 4 is 8.80 Å². The Balaban J connectivity index is 4.44. The first-order valence-electron chi connectivity index (χ1n) is 5.20. The Bertz CT molecular complexity index is 157. The van der Waals surface area contributed by atoms with E-state index < -0.39 is 8.80 Å². The lowest BCUT2D eigenvalue weighted by Gasteiger charge is -2.32. The molecular weight excluding hydrogens is 212 g/mol. The van der Waals surface area contributed by atoms with E-state index in [2.05, 4.69) is 12.2 Å². The summed E-state index contributed by atoms with van der Waals surface area (Å²) in [4.78, 5) is 0. The minimum Gasteiger partial charge on any atom is -0.376 e. The zero-order valence-corrected chi connectivity index (χ0v) is 11.4. The van der Waals surface area contributed by atoms with Crippen molar-refractivity contribution in [1.82, 2.24) is 5.32 Å². The van der Waals surface area contributed by atoms with Gasteiger partial charge in [0.2, 0.25) is 0 Å². The highest BCUT2D eigenvalue weighted by molar-refractivity contribution is 6.62. The third-order valence-corrected chi connectivity index (χ3v) is 5.55. The van der Waals surface area contributed by atoms with Gasteiger partial charge >= 0.3 is 8.80 Å². The van der Waals surface area contributed by atoms with Crippen molar-refractivity contribution in [2.24, 2.45) is 5.73 Å². The van der Waals surface area contributed by atoms with Gasteiger partial charge in [0.25, 0.3) is 0 Å². The summed E-state index contributed by atoms with van der Waals surface area (Å²) in [6, 6.07) is 0.108. The van der Waals surface area contributed by atoms with Crippen LogP contribution in [0.4, 0.5) is 0 Å². The molecule has 0 saturated carbocycles. The molecule has 0 radical (unpaired) electrons. The van der Waals surface area contributed by atoms with E-state index in [4.69, 9.17) is 19.0 Å². The molecule has 0 aliphatic rings. The maximum atomic E-state index is 5.69. The fourth-order valence-corrected chi connectivity index (χ4v) is 3.75. The Hall–Kier alpha value is 0.0169. The van der Waals surface area contributed by atoms with Gasteiger partial charge in [-0.15, -0.1) is 0 Å². The van der Waals surface area contributed by atoms with E-state index in [0.29, 0.717) is 0 Å². The number of hydrogen-bond donors (Lipinski definition) is 2. The molecule has 0 heterocycles. The standard InChI is InChI=1S/C9H24N2O3Si/c1-6-9(11-7-8(2)10)15(12-3,13-4)14-5/h8-9,11H,6-7,10H2,1-5H3. The average molecular weight is 236 g/mol. The van der Waals surface area contributed by atoms with Gasteiger partial charge < -0.3 is 24.3 Å². The van der Waals surface area contributed by atoms with Gasteiger partial charge in [0.15, 0.2) is 0 Å². The van der Waals surface area contributed by atoms with Crippen molar-refractivity contribution in [3.63, 3.8) is 0 Å². The van der Waals surface area contributed by atoms with Crippen molar-refractivity contribution in [2.75, 3.05) is 27.9 Å². The van der Waals surface area contributed by atoms with Gasteiger partial charge in [-0.25, -0.2) is 0 Å². The molecule has 92 valence electrons. The highest BCUT2D eigenvalue weighted by atomic mass is 28.4. The van der Waals surface area contributed by atoms with Crippen molar-refractivity contribution < 1.29 is 13.3 Å². The molecule has 3 N–H and O–H groups in total. The fraction of sp³-hybridized carbons (Fsp3) is 1.00. The minimum atomic E-state index is -2.58. The van der Waals surface area contributed by atoms with Crippen molar-refractivity contribution in [2.45, 2.75) is 32.0 Å². The number of hydrogen-bond acceptors (Lipinski definition) is 5. The molecule has 6 heteroatoms. The quantitative estimate of drug-likeness (QED) is 0.586. The molecule has 0 aliphatic heterocycles. The van der Waals surface area contributed by atoms with Crippen LogP contribution in [-0.2, 0) is 13.3 Å². The summed E-state index contributed by atoms with van der Waals surface area (Å²) in [6.45, 7) is 4.75. The molecule has 0 fully saturated rings. The van der Waals surface area contributed by atoms with Gasteiger partial charge in [-0.3, -0.25) is 0 Å². The molecule has 0 aliphatic carbocycles. The molecule has 0 aromatic carbocycles. The summed E-state index contributed by atoms with van der Waals surface area (Å²) < 4.78 is 16.2. The van der Waals surface area contributed by atoms with Crippen LogP contribution in [0.25, 0.3) is 0 Å². The van der Waals surface area contributed by atoms with Gasteiger partial charge in [-0.05, 0) is 13.3 Å². The summed E-state index contributed by atoms with van der Waals surface area (Å²) in [5.74, 6) is 0. The predicted octanol–water partition coefficient (Wildman–Crippen LogP) is 0.119. The first-order chi connectivity index (χ1) is 7.06. The van der Waals surface area contributed by atoms with Crippen LogP contribution < -0.4 is 11.1 Å². The summed E-state index contributed by atoms with van der Waals surface area (Å²) in [5.41, 5.74) is 5.78. The van der Waals surface area contributed by atoms with E-state index in [1.165, 1.54) is 0 Å². The Labute approximate surface area is 93.6 Å². The predicted molar refractivity (Wildman–Crippen MR) is 62.5 cm³/mol. The summed E-state index contributed by atoms with van der Waals surface area (Å²) >= 11 is 0. The van der Waals surface area contributed by atoms with Crippen LogP contribution in [0.3, 0.4) is 0 Å². The summed E-state index contributed by atoms with van der Waals surface area (Å²) in [7, 11) is 2.28. The summed E-state index contributed by atoms with van der Waals surface area (Å²) in [6.07, 6.45) is 0.883. The first kappa shape index (κ1) is 15.0. The highest BCUT2D eigenvalue weighted by Crippen LogP contribution is 2.14. The Morgan fingerprint density at radius 1 is 1.20 bits per heavy atom. The van der Waals surface area contributed by atoms with E-state index in [1.807, 2.05) is 6.92 Å². The van der Waals surface area contributed by atoms with Crippen LogP contribution in [0.15, 0.2) is 0 Å². The average Bonchev–Trinajstić information content (AvgIpc) is 2.24. The summed E-state index contributed by atoms with van der Waals surface area (Å²) in [5, 5.41) is 3.32. The molecule has 2 atom stereocenters. The van der Waals surface area contributed by atoms with E-state index in [9.17, 15) is 0 Å². The van der Waals surface area contributed by atoms with Crippen LogP contribution in [-0.4, -0.2) is 48.4 Å². The Morgan fingerprint density at radius 3 is 1.93 bits per heavy atom. The van der Waals surface area contributed by atoms with Crippen molar-refractivity contribution in [3.05, 3.63) is 0 Å². The monoisotopic (exact) mass is 236 g/mol. The molecule has 0 bridgehead atoms. The van der Waals surface area contributed by atoms with Crippen LogP contribution in [0, 0.1) is 0 Å². The second kappa shape index (κ2) is 7.32. The molecule has 0 amide bonds. The van der Waals surface area contributed by atoms with Gasteiger partial charge in [-0.1, -0.05) is 6.92 Å². The minimum absolute atomic E-state index is 0.0866. The second-order valence-electron chi connectivity index (χ2n) is 3.56. The third-order valence-electron chi connectivity index (χ3n) is 2.37. The van der Waals surface area contributed by atoms with Crippen LogP contribution in [0.2, 0.25) is 0 Å². The fourth-order valence-electron chi connectivity index (χ4n) is 1.52. The first-order valence-corrected chi connectivity index (χ1v) is 7.00. The number of rotatable bonds is 8. The van der Waals surface area contributed by atoms with Crippen molar-refractivity contribution in [1.29, 1.82) is 0 Å². The second-order valence-corrected chi connectivity index (χ2v) is 6.69. The van der Waals surface area contributed by atoms with E-state index in [0.717, 1.165) is 13.0 Å². The van der Waals surface area contributed by atoms with Crippen LogP contribution in [0.1, 0.15) is 20.3 Å². The zero-order chi connectivity index (χ0) is 11.9. The third kappa shape index (κ3) is 4.18. The lowest BCUT2D eigenvalue weighted by molar-refractivity contribution is 0.106. The largest absolute Gasteiger partial charge is 0.517 e. The van der Waals surface area contributed by atoms with E-state index >= 15 is 0 Å². The Kier molecular flexibility index (Phi) is 7.32.